The minimum Gasteiger partial charge on any atom is -0.478 e. The summed E-state index contributed by atoms with van der Waals surface area (Å²) in [4.78, 5) is 23.5. The Bertz CT molecular complexity index is 247. The second kappa shape index (κ2) is 7.00. The summed E-state index contributed by atoms with van der Waals surface area (Å²) in [7, 11) is 0. The molecule has 0 fully saturated rings. The van der Waals surface area contributed by atoms with Crippen LogP contribution < -0.4 is 5.32 Å². The molecule has 0 aliphatic carbocycles. The number of carboxylic acids is 1. The van der Waals surface area contributed by atoms with Crippen molar-refractivity contribution in [2.45, 2.75) is 13.8 Å². The number of amides is 1. The number of rotatable bonds is 7. The smallest absolute Gasteiger partial charge is 0.332 e. The van der Waals surface area contributed by atoms with Crippen LogP contribution in [0.3, 0.4) is 0 Å². The molecule has 2 N–H and O–H groups in total. The van der Waals surface area contributed by atoms with Crippen LogP contribution in [-0.4, -0.2) is 48.1 Å². The van der Waals surface area contributed by atoms with Crippen LogP contribution in [0.2, 0.25) is 0 Å². The number of hydrogen-bond donors (Lipinski definition) is 2. The highest BCUT2D eigenvalue weighted by atomic mass is 16.4. The number of carbonyl (C=O) groups excluding carboxylic acids is 1. The van der Waals surface area contributed by atoms with Crippen LogP contribution in [0.25, 0.3) is 0 Å². The van der Waals surface area contributed by atoms with Crippen molar-refractivity contribution in [1.29, 1.82) is 0 Å². The molecule has 5 heteroatoms. The summed E-state index contributed by atoms with van der Waals surface area (Å²) in [6.07, 6.45) is 0. The summed E-state index contributed by atoms with van der Waals surface area (Å²) in [6, 6.07) is 0. The van der Waals surface area contributed by atoms with Crippen LogP contribution in [0.4, 0.5) is 0 Å². The zero-order chi connectivity index (χ0) is 11.8. The minimum atomic E-state index is -1.04. The molecule has 5 nitrogen and oxygen atoms in total. The van der Waals surface area contributed by atoms with Gasteiger partial charge in [0.1, 0.15) is 0 Å². The third-order valence-corrected chi connectivity index (χ3v) is 2.03. The SMILES string of the molecule is C=C(CNCC(=O)N(CC)CC)C(=O)O. The Morgan fingerprint density at radius 1 is 1.27 bits per heavy atom. The molecule has 0 saturated heterocycles. The van der Waals surface area contributed by atoms with E-state index in [1.807, 2.05) is 13.8 Å². The van der Waals surface area contributed by atoms with Crippen LogP contribution in [0, 0.1) is 0 Å². The molecule has 0 heterocycles. The van der Waals surface area contributed by atoms with Crippen molar-refractivity contribution in [3.63, 3.8) is 0 Å². The maximum Gasteiger partial charge on any atom is 0.332 e. The molecule has 0 saturated carbocycles. The van der Waals surface area contributed by atoms with Crippen molar-refractivity contribution < 1.29 is 14.7 Å². The largest absolute Gasteiger partial charge is 0.478 e. The molecule has 0 rings (SSSR count). The first kappa shape index (κ1) is 13.6. The number of hydrogen-bond acceptors (Lipinski definition) is 3. The molecule has 0 aromatic rings. The molecule has 0 bridgehead atoms. The van der Waals surface area contributed by atoms with Gasteiger partial charge in [0.05, 0.1) is 6.54 Å². The average molecular weight is 214 g/mol. The molecule has 1 amide bonds. The summed E-state index contributed by atoms with van der Waals surface area (Å²) in [5.74, 6) is -1.07. The molecule has 0 atom stereocenters. The summed E-state index contributed by atoms with van der Waals surface area (Å²) >= 11 is 0. The van der Waals surface area contributed by atoms with Crippen molar-refractivity contribution in [3.05, 3.63) is 12.2 Å². The number of nitrogens with one attached hydrogen (secondary N) is 1. The maximum absolute atomic E-state index is 11.4. The standard InChI is InChI=1S/C10H18N2O3/c1-4-12(5-2)9(13)7-11-6-8(3)10(14)15/h11H,3-7H2,1-2H3,(H,14,15). The highest BCUT2D eigenvalue weighted by Crippen LogP contribution is 1.89. The van der Waals surface area contributed by atoms with E-state index in [2.05, 4.69) is 11.9 Å². The van der Waals surface area contributed by atoms with Crippen molar-refractivity contribution in [2.24, 2.45) is 0 Å². The Balaban J connectivity index is 3.81. The van der Waals surface area contributed by atoms with Gasteiger partial charge in [-0.25, -0.2) is 4.79 Å². The average Bonchev–Trinajstić information content (AvgIpc) is 2.19. The Morgan fingerprint density at radius 2 is 1.80 bits per heavy atom. The van der Waals surface area contributed by atoms with Gasteiger partial charge in [0.25, 0.3) is 0 Å². The van der Waals surface area contributed by atoms with E-state index in [1.54, 1.807) is 4.90 Å². The Kier molecular flexibility index (Phi) is 6.37. The van der Waals surface area contributed by atoms with Gasteiger partial charge in [0.2, 0.25) is 5.91 Å². The fourth-order valence-corrected chi connectivity index (χ4v) is 1.08. The lowest BCUT2D eigenvalue weighted by Gasteiger charge is -2.18. The van der Waals surface area contributed by atoms with E-state index in [1.165, 1.54) is 0 Å². The van der Waals surface area contributed by atoms with E-state index >= 15 is 0 Å². The van der Waals surface area contributed by atoms with Crippen LogP contribution in [0.15, 0.2) is 12.2 Å². The topological polar surface area (TPSA) is 69.6 Å². The van der Waals surface area contributed by atoms with Crippen molar-refractivity contribution in [2.75, 3.05) is 26.2 Å². The summed E-state index contributed by atoms with van der Waals surface area (Å²) < 4.78 is 0. The summed E-state index contributed by atoms with van der Waals surface area (Å²) in [5, 5.41) is 11.3. The zero-order valence-corrected chi connectivity index (χ0v) is 9.25. The first-order valence-electron chi connectivity index (χ1n) is 4.92. The second-order valence-corrected chi connectivity index (χ2v) is 3.08. The molecule has 0 aromatic heterocycles. The van der Waals surface area contributed by atoms with E-state index in [0.717, 1.165) is 0 Å². The van der Waals surface area contributed by atoms with Crippen molar-refractivity contribution >= 4 is 11.9 Å². The molecule has 0 radical (unpaired) electrons. The van der Waals surface area contributed by atoms with E-state index in [4.69, 9.17) is 5.11 Å². The minimum absolute atomic E-state index is 0.0295. The molecule has 0 aliphatic heterocycles. The third-order valence-electron chi connectivity index (χ3n) is 2.03. The maximum atomic E-state index is 11.4. The highest BCUT2D eigenvalue weighted by molar-refractivity contribution is 5.86. The van der Waals surface area contributed by atoms with Gasteiger partial charge in [0.15, 0.2) is 0 Å². The molecule has 0 spiro atoms. The van der Waals surface area contributed by atoms with Gasteiger partial charge in [-0.05, 0) is 13.8 Å². The zero-order valence-electron chi connectivity index (χ0n) is 9.25. The monoisotopic (exact) mass is 214 g/mol. The molecular weight excluding hydrogens is 196 g/mol. The second-order valence-electron chi connectivity index (χ2n) is 3.08. The number of nitrogens with zero attached hydrogens (tertiary/aromatic N) is 1. The van der Waals surface area contributed by atoms with Crippen molar-refractivity contribution in [3.8, 4) is 0 Å². The van der Waals surface area contributed by atoms with E-state index in [-0.39, 0.29) is 24.6 Å². The van der Waals surface area contributed by atoms with Gasteiger partial charge in [0, 0.05) is 25.2 Å². The number of likely N-dealkylation sites (N-methyl/N-ethyl adjacent to an activating group) is 1. The van der Waals surface area contributed by atoms with Gasteiger partial charge < -0.3 is 15.3 Å². The molecule has 0 aliphatic rings. The Hall–Kier alpha value is -1.36. The number of carboxylic acid groups (broad SMARTS) is 1. The lowest BCUT2D eigenvalue weighted by molar-refractivity contribution is -0.133. The summed E-state index contributed by atoms with van der Waals surface area (Å²) in [5.41, 5.74) is 0.0577. The van der Waals surface area contributed by atoms with Gasteiger partial charge in [-0.1, -0.05) is 6.58 Å². The van der Waals surface area contributed by atoms with Gasteiger partial charge in [-0.2, -0.15) is 0 Å². The van der Waals surface area contributed by atoms with Gasteiger partial charge in [-0.15, -0.1) is 0 Å². The lowest BCUT2D eigenvalue weighted by Crippen LogP contribution is -2.38. The predicted octanol–water partition coefficient (Wildman–Crippen LogP) is 0.0852. The molecule has 0 unspecified atom stereocenters. The number of carbonyl (C=O) groups is 2. The first-order chi connectivity index (χ1) is 7.02. The van der Waals surface area contributed by atoms with Gasteiger partial charge >= 0.3 is 5.97 Å². The third kappa shape index (κ3) is 5.17. The molecular formula is C10H18N2O3. The predicted molar refractivity (Wildman–Crippen MR) is 57.6 cm³/mol. The fraction of sp³-hybridized carbons (Fsp3) is 0.600. The van der Waals surface area contributed by atoms with E-state index in [9.17, 15) is 9.59 Å². The molecule has 15 heavy (non-hydrogen) atoms. The molecule has 0 aromatic carbocycles. The van der Waals surface area contributed by atoms with Crippen LogP contribution >= 0.6 is 0 Å². The van der Waals surface area contributed by atoms with E-state index in [0.29, 0.717) is 13.1 Å². The number of aliphatic carboxylic acids is 1. The summed E-state index contributed by atoms with van der Waals surface area (Å²) in [6.45, 7) is 8.75. The van der Waals surface area contributed by atoms with Crippen LogP contribution in [0.5, 0.6) is 0 Å². The first-order valence-corrected chi connectivity index (χ1v) is 4.92. The quantitative estimate of drug-likeness (QED) is 0.589. The fourth-order valence-electron chi connectivity index (χ4n) is 1.08. The van der Waals surface area contributed by atoms with Crippen LogP contribution in [-0.2, 0) is 9.59 Å². The highest BCUT2D eigenvalue weighted by Gasteiger charge is 2.09. The molecule has 86 valence electrons. The van der Waals surface area contributed by atoms with E-state index < -0.39 is 5.97 Å². The lowest BCUT2D eigenvalue weighted by atomic mass is 10.3. The van der Waals surface area contributed by atoms with Crippen LogP contribution in [0.1, 0.15) is 13.8 Å². The Morgan fingerprint density at radius 3 is 2.20 bits per heavy atom. The van der Waals surface area contributed by atoms with Gasteiger partial charge in [-0.3, -0.25) is 4.79 Å². The van der Waals surface area contributed by atoms with Crippen molar-refractivity contribution in [1.82, 2.24) is 10.2 Å². The Labute approximate surface area is 89.8 Å². The normalized spacial score (nSPS) is 9.73.